The van der Waals surface area contributed by atoms with E-state index in [4.69, 9.17) is 9.26 Å². The molecule has 0 saturated carbocycles. The molecular weight excluding hydrogens is 256 g/mol. The Balaban J connectivity index is 1.55. The van der Waals surface area contributed by atoms with Gasteiger partial charge in [0.1, 0.15) is 6.10 Å². The van der Waals surface area contributed by atoms with Crippen LogP contribution in [0.1, 0.15) is 36.2 Å². The SMILES string of the molecule is c1cc2cn[nH]c2cc1Cc1noc(C2CCCO2)n1. The van der Waals surface area contributed by atoms with Crippen LogP contribution in [0.25, 0.3) is 10.9 Å². The monoisotopic (exact) mass is 270 g/mol. The number of H-pyrrole nitrogens is 1. The lowest BCUT2D eigenvalue weighted by Crippen LogP contribution is -1.97. The van der Waals surface area contributed by atoms with Crippen molar-refractivity contribution in [2.24, 2.45) is 0 Å². The molecule has 20 heavy (non-hydrogen) atoms. The molecule has 0 aliphatic carbocycles. The molecule has 6 nitrogen and oxygen atoms in total. The first-order valence-electron chi connectivity index (χ1n) is 6.74. The van der Waals surface area contributed by atoms with E-state index in [9.17, 15) is 0 Å². The van der Waals surface area contributed by atoms with Gasteiger partial charge in [0, 0.05) is 18.4 Å². The van der Waals surface area contributed by atoms with Gasteiger partial charge in [-0.2, -0.15) is 10.1 Å². The fraction of sp³-hybridized carbons (Fsp3) is 0.357. The zero-order valence-electron chi connectivity index (χ0n) is 10.9. The largest absolute Gasteiger partial charge is 0.368 e. The van der Waals surface area contributed by atoms with Gasteiger partial charge in [0.25, 0.3) is 5.89 Å². The van der Waals surface area contributed by atoms with Crippen molar-refractivity contribution in [2.45, 2.75) is 25.4 Å². The topological polar surface area (TPSA) is 76.8 Å². The highest BCUT2D eigenvalue weighted by Crippen LogP contribution is 2.27. The van der Waals surface area contributed by atoms with Gasteiger partial charge < -0.3 is 9.26 Å². The number of aromatic amines is 1. The van der Waals surface area contributed by atoms with Gasteiger partial charge in [0.15, 0.2) is 5.82 Å². The van der Waals surface area contributed by atoms with Crippen molar-refractivity contribution >= 4 is 10.9 Å². The molecule has 0 bridgehead atoms. The first kappa shape index (κ1) is 11.6. The predicted molar refractivity (Wildman–Crippen MR) is 71.1 cm³/mol. The van der Waals surface area contributed by atoms with Gasteiger partial charge in [-0.15, -0.1) is 0 Å². The third-order valence-electron chi connectivity index (χ3n) is 3.56. The number of hydrogen-bond acceptors (Lipinski definition) is 5. The molecule has 2 aromatic heterocycles. The maximum absolute atomic E-state index is 5.54. The van der Waals surface area contributed by atoms with E-state index >= 15 is 0 Å². The van der Waals surface area contributed by atoms with Crippen LogP contribution in [-0.2, 0) is 11.2 Å². The normalized spacial score (nSPS) is 18.9. The van der Waals surface area contributed by atoms with Gasteiger partial charge in [-0.3, -0.25) is 5.10 Å². The molecule has 0 amide bonds. The van der Waals surface area contributed by atoms with E-state index < -0.39 is 0 Å². The first-order valence-corrected chi connectivity index (χ1v) is 6.74. The molecular formula is C14H14N4O2. The molecule has 1 fully saturated rings. The summed E-state index contributed by atoms with van der Waals surface area (Å²) in [5.41, 5.74) is 2.15. The van der Waals surface area contributed by atoms with Gasteiger partial charge in [-0.1, -0.05) is 17.3 Å². The van der Waals surface area contributed by atoms with Crippen LogP contribution in [-0.4, -0.2) is 26.9 Å². The van der Waals surface area contributed by atoms with E-state index in [1.807, 2.05) is 12.3 Å². The molecule has 0 spiro atoms. The number of rotatable bonds is 3. The van der Waals surface area contributed by atoms with E-state index in [-0.39, 0.29) is 6.10 Å². The van der Waals surface area contributed by atoms with Crippen molar-refractivity contribution < 1.29 is 9.26 Å². The zero-order chi connectivity index (χ0) is 13.4. The number of aromatic nitrogens is 4. The molecule has 1 saturated heterocycles. The van der Waals surface area contributed by atoms with Gasteiger partial charge >= 0.3 is 0 Å². The fourth-order valence-electron chi connectivity index (χ4n) is 2.52. The lowest BCUT2D eigenvalue weighted by molar-refractivity contribution is 0.0835. The van der Waals surface area contributed by atoms with Gasteiger partial charge in [0.2, 0.25) is 0 Å². The van der Waals surface area contributed by atoms with Crippen LogP contribution in [0, 0.1) is 0 Å². The number of nitrogens with one attached hydrogen (secondary N) is 1. The summed E-state index contributed by atoms with van der Waals surface area (Å²) in [7, 11) is 0. The molecule has 1 aliphatic rings. The molecule has 3 heterocycles. The first-order chi connectivity index (χ1) is 9.88. The maximum atomic E-state index is 5.54. The maximum Gasteiger partial charge on any atom is 0.255 e. The quantitative estimate of drug-likeness (QED) is 0.790. The zero-order valence-corrected chi connectivity index (χ0v) is 10.9. The Labute approximate surface area is 115 Å². The summed E-state index contributed by atoms with van der Waals surface area (Å²) in [6.07, 6.45) is 4.45. The number of nitrogens with zero attached hydrogens (tertiary/aromatic N) is 3. The summed E-state index contributed by atoms with van der Waals surface area (Å²) in [6.45, 7) is 0.777. The van der Waals surface area contributed by atoms with E-state index in [1.165, 1.54) is 0 Å². The molecule has 6 heteroatoms. The molecule has 0 radical (unpaired) electrons. The summed E-state index contributed by atoms with van der Waals surface area (Å²) in [4.78, 5) is 4.43. The van der Waals surface area contributed by atoms with Crippen LogP contribution in [0.5, 0.6) is 0 Å². The lowest BCUT2D eigenvalue weighted by Gasteiger charge is -2.00. The molecule has 1 atom stereocenters. The Morgan fingerprint density at radius 1 is 1.35 bits per heavy atom. The summed E-state index contributed by atoms with van der Waals surface area (Å²) in [5, 5.41) is 12.1. The van der Waals surface area contributed by atoms with Crippen molar-refractivity contribution in [3.05, 3.63) is 41.7 Å². The third-order valence-corrected chi connectivity index (χ3v) is 3.56. The summed E-state index contributed by atoms with van der Waals surface area (Å²) in [6, 6.07) is 6.15. The van der Waals surface area contributed by atoms with Crippen molar-refractivity contribution in [2.75, 3.05) is 6.61 Å². The van der Waals surface area contributed by atoms with E-state index in [0.717, 1.165) is 35.9 Å². The van der Waals surface area contributed by atoms with Crippen LogP contribution < -0.4 is 0 Å². The minimum atomic E-state index is -0.0219. The van der Waals surface area contributed by atoms with E-state index in [2.05, 4.69) is 32.5 Å². The molecule has 1 aromatic carbocycles. The Bertz CT molecular complexity index is 727. The molecule has 102 valence electrons. The molecule has 4 rings (SSSR count). The number of benzene rings is 1. The average Bonchev–Trinajstić information content (AvgIpc) is 3.19. The third kappa shape index (κ3) is 2.08. The van der Waals surface area contributed by atoms with E-state index in [0.29, 0.717) is 18.1 Å². The molecule has 1 aliphatic heterocycles. The fourth-order valence-corrected chi connectivity index (χ4v) is 2.52. The molecule has 1 N–H and O–H groups in total. The highest BCUT2D eigenvalue weighted by molar-refractivity contribution is 5.78. The van der Waals surface area contributed by atoms with Crippen LogP contribution in [0.2, 0.25) is 0 Å². The Morgan fingerprint density at radius 3 is 3.25 bits per heavy atom. The Hall–Kier alpha value is -2.21. The standard InChI is InChI=1S/C14H14N4O2/c1-2-12(19-5-1)14-16-13(18-20-14)7-9-3-4-10-8-15-17-11(10)6-9/h3-4,6,8,12H,1-2,5,7H2,(H,15,17). The molecule has 1 unspecified atom stereocenters. The number of fused-ring (bicyclic) bond motifs is 1. The minimum absolute atomic E-state index is 0.0219. The van der Waals surface area contributed by atoms with Crippen LogP contribution >= 0.6 is 0 Å². The van der Waals surface area contributed by atoms with Crippen LogP contribution in [0.15, 0.2) is 28.9 Å². The Morgan fingerprint density at radius 2 is 2.35 bits per heavy atom. The summed E-state index contributed by atoms with van der Waals surface area (Å²) >= 11 is 0. The van der Waals surface area contributed by atoms with Crippen LogP contribution in [0.3, 0.4) is 0 Å². The van der Waals surface area contributed by atoms with Crippen molar-refractivity contribution in [1.29, 1.82) is 0 Å². The van der Waals surface area contributed by atoms with Crippen LogP contribution in [0.4, 0.5) is 0 Å². The number of hydrogen-bond donors (Lipinski definition) is 1. The lowest BCUT2D eigenvalue weighted by atomic mass is 10.1. The second-order valence-electron chi connectivity index (χ2n) is 5.02. The van der Waals surface area contributed by atoms with Gasteiger partial charge in [-0.25, -0.2) is 0 Å². The van der Waals surface area contributed by atoms with Crippen molar-refractivity contribution in [1.82, 2.24) is 20.3 Å². The number of ether oxygens (including phenoxy) is 1. The second-order valence-corrected chi connectivity index (χ2v) is 5.02. The Kier molecular flexibility index (Phi) is 2.74. The minimum Gasteiger partial charge on any atom is -0.368 e. The van der Waals surface area contributed by atoms with Gasteiger partial charge in [-0.05, 0) is 24.5 Å². The average molecular weight is 270 g/mol. The smallest absolute Gasteiger partial charge is 0.255 e. The van der Waals surface area contributed by atoms with Crippen molar-refractivity contribution in [3.63, 3.8) is 0 Å². The molecule has 3 aromatic rings. The summed E-state index contributed by atoms with van der Waals surface area (Å²) in [5.74, 6) is 1.29. The van der Waals surface area contributed by atoms with Gasteiger partial charge in [0.05, 0.1) is 11.7 Å². The van der Waals surface area contributed by atoms with Crippen molar-refractivity contribution in [3.8, 4) is 0 Å². The highest BCUT2D eigenvalue weighted by Gasteiger charge is 2.23. The van der Waals surface area contributed by atoms with E-state index in [1.54, 1.807) is 0 Å². The second kappa shape index (κ2) is 4.72. The highest BCUT2D eigenvalue weighted by atomic mass is 16.5. The predicted octanol–water partition coefficient (Wildman–Crippen LogP) is 2.39. The summed E-state index contributed by atoms with van der Waals surface area (Å²) < 4.78 is 10.8.